The summed E-state index contributed by atoms with van der Waals surface area (Å²) in [6.45, 7) is 2.51. The molecule has 0 atom stereocenters. The fourth-order valence-corrected chi connectivity index (χ4v) is 2.23. The second-order valence-electron chi connectivity index (χ2n) is 3.86. The Labute approximate surface area is 119 Å². The van der Waals surface area contributed by atoms with Gasteiger partial charge in [0.15, 0.2) is 0 Å². The predicted octanol–water partition coefficient (Wildman–Crippen LogP) is 1.89. The van der Waals surface area contributed by atoms with Crippen LogP contribution in [-0.4, -0.2) is 36.5 Å². The fraction of sp³-hybridized carbons (Fsp3) is 0.417. The van der Waals surface area contributed by atoms with E-state index < -0.39 is 0 Å². The number of hydrogen-bond acceptors (Lipinski definition) is 4. The molecule has 2 N–H and O–H groups in total. The highest BCUT2D eigenvalue weighted by molar-refractivity contribution is 14.1. The van der Waals surface area contributed by atoms with Gasteiger partial charge < -0.3 is 19.8 Å². The minimum atomic E-state index is 0.530. The van der Waals surface area contributed by atoms with Gasteiger partial charge in [0, 0.05) is 17.2 Å². The average Bonchev–Trinajstić information content (AvgIpc) is 2.64. The maximum Gasteiger partial charge on any atom is 0.201 e. The van der Waals surface area contributed by atoms with E-state index in [2.05, 4.69) is 27.6 Å². The van der Waals surface area contributed by atoms with E-state index in [4.69, 9.17) is 15.2 Å². The highest BCUT2D eigenvalue weighted by Crippen LogP contribution is 2.20. The van der Waals surface area contributed by atoms with Crippen molar-refractivity contribution >= 4 is 39.6 Å². The third kappa shape index (κ3) is 3.12. The molecule has 18 heavy (non-hydrogen) atoms. The smallest absolute Gasteiger partial charge is 0.201 e. The zero-order chi connectivity index (χ0) is 13.0. The van der Waals surface area contributed by atoms with Crippen LogP contribution in [-0.2, 0) is 16.0 Å². The number of nitrogens with zero attached hydrogens (tertiary/aromatic N) is 2. The SMILES string of the molecule is COCCOCCn1c(N)nc2cc(I)ccc21. The molecule has 1 heterocycles. The van der Waals surface area contributed by atoms with Gasteiger partial charge >= 0.3 is 0 Å². The normalized spacial score (nSPS) is 11.2. The van der Waals surface area contributed by atoms with E-state index in [0.717, 1.165) is 14.6 Å². The van der Waals surface area contributed by atoms with E-state index in [1.54, 1.807) is 7.11 Å². The lowest BCUT2D eigenvalue weighted by molar-refractivity contribution is 0.0671. The third-order valence-corrected chi connectivity index (χ3v) is 3.30. The molecule has 0 saturated carbocycles. The quantitative estimate of drug-likeness (QED) is 0.631. The van der Waals surface area contributed by atoms with Crippen LogP contribution in [0.4, 0.5) is 5.95 Å². The Morgan fingerprint density at radius 3 is 2.94 bits per heavy atom. The Kier molecular flexibility index (Phi) is 4.79. The Balaban J connectivity index is 2.05. The Bertz CT molecular complexity index is 527. The summed E-state index contributed by atoms with van der Waals surface area (Å²) in [6, 6.07) is 6.11. The van der Waals surface area contributed by atoms with Crippen molar-refractivity contribution in [1.29, 1.82) is 0 Å². The number of nitrogens with two attached hydrogens (primary N) is 1. The predicted molar refractivity (Wildman–Crippen MR) is 79.6 cm³/mol. The first kappa shape index (κ1) is 13.6. The van der Waals surface area contributed by atoms with Crippen molar-refractivity contribution in [2.45, 2.75) is 6.54 Å². The van der Waals surface area contributed by atoms with Gasteiger partial charge in [0.05, 0.1) is 30.9 Å². The Hall–Kier alpha value is -0.860. The van der Waals surface area contributed by atoms with Crippen molar-refractivity contribution in [2.75, 3.05) is 32.7 Å². The number of methoxy groups -OCH3 is 1. The van der Waals surface area contributed by atoms with Crippen LogP contribution in [0.3, 0.4) is 0 Å². The zero-order valence-corrected chi connectivity index (χ0v) is 12.4. The molecule has 0 radical (unpaired) electrons. The summed E-state index contributed by atoms with van der Waals surface area (Å²) in [7, 11) is 1.66. The fourth-order valence-electron chi connectivity index (χ4n) is 1.76. The summed E-state index contributed by atoms with van der Waals surface area (Å²) < 4.78 is 13.5. The topological polar surface area (TPSA) is 62.3 Å². The van der Waals surface area contributed by atoms with Gasteiger partial charge in [-0.2, -0.15) is 0 Å². The van der Waals surface area contributed by atoms with Crippen LogP contribution in [0.1, 0.15) is 0 Å². The van der Waals surface area contributed by atoms with E-state index in [0.29, 0.717) is 32.3 Å². The van der Waals surface area contributed by atoms with Gasteiger partial charge in [-0.1, -0.05) is 0 Å². The van der Waals surface area contributed by atoms with Gasteiger partial charge in [0.2, 0.25) is 5.95 Å². The maximum absolute atomic E-state index is 5.91. The summed E-state index contributed by atoms with van der Waals surface area (Å²) in [5, 5.41) is 0. The lowest BCUT2D eigenvalue weighted by Crippen LogP contribution is -2.11. The molecule has 6 heteroatoms. The van der Waals surface area contributed by atoms with Gasteiger partial charge in [-0.3, -0.25) is 0 Å². The van der Waals surface area contributed by atoms with Crippen molar-refractivity contribution in [3.63, 3.8) is 0 Å². The second kappa shape index (κ2) is 6.35. The van der Waals surface area contributed by atoms with Crippen LogP contribution in [0, 0.1) is 3.57 Å². The molecule has 5 nitrogen and oxygen atoms in total. The third-order valence-electron chi connectivity index (χ3n) is 2.63. The van der Waals surface area contributed by atoms with Crippen molar-refractivity contribution in [2.24, 2.45) is 0 Å². The van der Waals surface area contributed by atoms with Crippen LogP contribution in [0.5, 0.6) is 0 Å². The van der Waals surface area contributed by atoms with Crippen LogP contribution < -0.4 is 5.73 Å². The lowest BCUT2D eigenvalue weighted by Gasteiger charge is -2.07. The van der Waals surface area contributed by atoms with Crippen molar-refractivity contribution < 1.29 is 9.47 Å². The minimum Gasteiger partial charge on any atom is -0.382 e. The molecule has 0 aliphatic rings. The number of anilines is 1. The summed E-state index contributed by atoms with van der Waals surface area (Å²) in [6.07, 6.45) is 0. The molecule has 0 spiro atoms. The second-order valence-corrected chi connectivity index (χ2v) is 5.11. The number of halogens is 1. The summed E-state index contributed by atoms with van der Waals surface area (Å²) in [5.41, 5.74) is 7.89. The van der Waals surface area contributed by atoms with Crippen LogP contribution in [0.15, 0.2) is 18.2 Å². The highest BCUT2D eigenvalue weighted by atomic mass is 127. The molecular weight excluding hydrogens is 345 g/mol. The first-order valence-corrected chi connectivity index (χ1v) is 6.78. The number of fused-ring (bicyclic) bond motifs is 1. The van der Waals surface area contributed by atoms with Crippen LogP contribution in [0.25, 0.3) is 11.0 Å². The number of aromatic nitrogens is 2. The average molecular weight is 361 g/mol. The molecule has 0 aliphatic carbocycles. The Morgan fingerprint density at radius 2 is 2.17 bits per heavy atom. The standard InChI is InChI=1S/C12H16IN3O2/c1-17-6-7-18-5-4-16-11-3-2-9(13)8-10(11)15-12(16)14/h2-3,8H,4-7H2,1H3,(H2,14,15). The van der Waals surface area contributed by atoms with Gasteiger partial charge in [0.25, 0.3) is 0 Å². The van der Waals surface area contributed by atoms with E-state index in [1.165, 1.54) is 0 Å². The zero-order valence-electron chi connectivity index (χ0n) is 10.2. The molecule has 0 fully saturated rings. The minimum absolute atomic E-state index is 0.530. The first-order chi connectivity index (χ1) is 8.72. The lowest BCUT2D eigenvalue weighted by atomic mass is 10.3. The van der Waals surface area contributed by atoms with E-state index in [9.17, 15) is 0 Å². The number of hydrogen-bond donors (Lipinski definition) is 1. The molecule has 1 aromatic heterocycles. The van der Waals surface area contributed by atoms with E-state index >= 15 is 0 Å². The highest BCUT2D eigenvalue weighted by Gasteiger charge is 2.07. The van der Waals surface area contributed by atoms with Gasteiger partial charge in [-0.25, -0.2) is 4.98 Å². The summed E-state index contributed by atoms with van der Waals surface area (Å²) in [5.74, 6) is 0.530. The molecule has 0 unspecified atom stereocenters. The summed E-state index contributed by atoms with van der Waals surface area (Å²) in [4.78, 5) is 4.34. The molecule has 98 valence electrons. The van der Waals surface area contributed by atoms with Crippen LogP contribution in [0.2, 0.25) is 0 Å². The van der Waals surface area contributed by atoms with Crippen molar-refractivity contribution in [1.82, 2.24) is 9.55 Å². The monoisotopic (exact) mass is 361 g/mol. The molecule has 1 aromatic carbocycles. The van der Waals surface area contributed by atoms with Crippen molar-refractivity contribution in [3.8, 4) is 0 Å². The molecular formula is C12H16IN3O2. The van der Waals surface area contributed by atoms with Gasteiger partial charge in [-0.05, 0) is 40.8 Å². The molecule has 2 rings (SSSR count). The molecule has 0 amide bonds. The molecule has 2 aromatic rings. The number of imidazole rings is 1. The van der Waals surface area contributed by atoms with Gasteiger partial charge in [0.1, 0.15) is 0 Å². The molecule has 0 aliphatic heterocycles. The molecule has 0 bridgehead atoms. The number of benzene rings is 1. The Morgan fingerprint density at radius 1 is 1.33 bits per heavy atom. The van der Waals surface area contributed by atoms with Crippen LogP contribution >= 0.6 is 22.6 Å². The van der Waals surface area contributed by atoms with Crippen molar-refractivity contribution in [3.05, 3.63) is 21.8 Å². The maximum atomic E-state index is 5.91. The number of nitrogen functional groups attached to an aromatic ring is 1. The number of rotatable bonds is 6. The first-order valence-electron chi connectivity index (χ1n) is 5.70. The largest absolute Gasteiger partial charge is 0.382 e. The van der Waals surface area contributed by atoms with E-state index in [-0.39, 0.29) is 0 Å². The van der Waals surface area contributed by atoms with Gasteiger partial charge in [-0.15, -0.1) is 0 Å². The molecule has 0 saturated heterocycles. The van der Waals surface area contributed by atoms with E-state index in [1.807, 2.05) is 22.8 Å². The summed E-state index contributed by atoms with van der Waals surface area (Å²) >= 11 is 2.26. The number of ether oxygens (including phenoxy) is 2.